The molecule has 0 bridgehead atoms. The van der Waals surface area contributed by atoms with Gasteiger partial charge in [0.15, 0.2) is 18.2 Å². The van der Waals surface area contributed by atoms with Crippen LogP contribution < -0.4 is 10.2 Å². The lowest BCUT2D eigenvalue weighted by Gasteiger charge is -2.18. The predicted octanol–water partition coefficient (Wildman–Crippen LogP) is 6.46. The average Bonchev–Trinajstić information content (AvgIpc) is 2.96. The van der Waals surface area contributed by atoms with E-state index in [-0.39, 0.29) is 6.73 Å². The fourth-order valence-corrected chi connectivity index (χ4v) is 3.54. The second-order valence-corrected chi connectivity index (χ2v) is 6.92. The summed E-state index contributed by atoms with van der Waals surface area (Å²) in [4.78, 5) is 1.63. The lowest BCUT2D eigenvalue weighted by molar-refractivity contribution is 0.257. The van der Waals surface area contributed by atoms with Gasteiger partial charge < -0.3 is 10.1 Å². The third-order valence-electron chi connectivity index (χ3n) is 3.51. The summed E-state index contributed by atoms with van der Waals surface area (Å²) in [5, 5.41) is 14.5. The summed E-state index contributed by atoms with van der Waals surface area (Å²) in [6.07, 6.45) is 3.27. The largest absolute Gasteiger partial charge is 0.470 e. The molecule has 0 aliphatic carbocycles. The molecule has 1 aliphatic heterocycles. The fraction of sp³-hybridized carbons (Fsp3) is 0.0556. The Kier molecular flexibility index (Phi) is 5.85. The van der Waals surface area contributed by atoms with Crippen molar-refractivity contribution < 1.29 is 4.74 Å². The van der Waals surface area contributed by atoms with Crippen LogP contribution in [0.4, 0.5) is 11.4 Å². The van der Waals surface area contributed by atoms with E-state index in [0.29, 0.717) is 42.9 Å². The molecule has 0 saturated heterocycles. The second-order valence-electron chi connectivity index (χ2n) is 5.23. The molecule has 0 saturated carbocycles. The highest BCUT2D eigenvalue weighted by Gasteiger charge is 2.27. The van der Waals surface area contributed by atoms with E-state index in [9.17, 15) is 5.26 Å². The maximum absolute atomic E-state index is 9.53. The quantitative estimate of drug-likeness (QED) is 0.609. The molecule has 0 fully saturated rings. The first-order chi connectivity index (χ1) is 12.5. The first-order valence-electron chi connectivity index (χ1n) is 7.37. The van der Waals surface area contributed by atoms with E-state index in [4.69, 9.17) is 51.1 Å². The minimum atomic E-state index is 0.134. The van der Waals surface area contributed by atoms with E-state index in [0.717, 1.165) is 0 Å². The number of hydrogen-bond acceptors (Lipinski definition) is 4. The molecule has 0 aromatic heterocycles. The van der Waals surface area contributed by atoms with Crippen molar-refractivity contribution in [1.82, 2.24) is 0 Å². The number of benzene rings is 2. The van der Waals surface area contributed by atoms with Crippen LogP contribution in [0.15, 0.2) is 60.1 Å². The number of para-hydroxylation sites is 1. The lowest BCUT2D eigenvalue weighted by Crippen LogP contribution is -2.19. The van der Waals surface area contributed by atoms with Crippen LogP contribution in [0.1, 0.15) is 0 Å². The van der Waals surface area contributed by atoms with E-state index >= 15 is 0 Å². The Morgan fingerprint density at radius 2 is 1.73 bits per heavy atom. The summed E-state index contributed by atoms with van der Waals surface area (Å²) < 4.78 is 5.61. The van der Waals surface area contributed by atoms with Crippen molar-refractivity contribution in [2.45, 2.75) is 0 Å². The SMILES string of the molecule is N#CC1=C(C=CNc2cc(Cl)cc(Cl)c2)OCN1c1c(Cl)cccc1Cl. The third kappa shape index (κ3) is 4.03. The third-order valence-corrected chi connectivity index (χ3v) is 4.56. The Bertz CT molecular complexity index is 909. The molecule has 2 aromatic carbocycles. The van der Waals surface area contributed by atoms with Crippen LogP contribution in [0.5, 0.6) is 0 Å². The van der Waals surface area contributed by atoms with Gasteiger partial charge in [0, 0.05) is 21.9 Å². The Hall–Kier alpha value is -2.03. The Morgan fingerprint density at radius 1 is 1.08 bits per heavy atom. The second kappa shape index (κ2) is 8.11. The van der Waals surface area contributed by atoms with Crippen LogP contribution in [-0.2, 0) is 4.74 Å². The monoisotopic (exact) mass is 425 g/mol. The number of nitriles is 1. The lowest BCUT2D eigenvalue weighted by atomic mass is 10.2. The smallest absolute Gasteiger partial charge is 0.166 e. The van der Waals surface area contributed by atoms with Crippen molar-refractivity contribution in [3.63, 3.8) is 0 Å². The minimum Gasteiger partial charge on any atom is -0.470 e. The molecule has 3 rings (SSSR count). The maximum atomic E-state index is 9.53. The van der Waals surface area contributed by atoms with Crippen LogP contribution in [0.3, 0.4) is 0 Å². The predicted molar refractivity (Wildman–Crippen MR) is 107 cm³/mol. The molecule has 0 atom stereocenters. The summed E-state index contributed by atoms with van der Waals surface area (Å²) in [7, 11) is 0. The van der Waals surface area contributed by atoms with Gasteiger partial charge in [-0.3, -0.25) is 4.90 Å². The van der Waals surface area contributed by atoms with Gasteiger partial charge in [0.1, 0.15) is 6.07 Å². The number of allylic oxidation sites excluding steroid dienone is 2. The van der Waals surface area contributed by atoms with Crippen LogP contribution in [0, 0.1) is 11.3 Å². The van der Waals surface area contributed by atoms with Gasteiger partial charge >= 0.3 is 0 Å². The summed E-state index contributed by atoms with van der Waals surface area (Å²) in [5.41, 5.74) is 1.55. The summed E-state index contributed by atoms with van der Waals surface area (Å²) in [5.74, 6) is 0.393. The van der Waals surface area contributed by atoms with E-state index in [1.807, 2.05) is 0 Å². The number of rotatable bonds is 4. The van der Waals surface area contributed by atoms with Crippen LogP contribution in [-0.4, -0.2) is 6.73 Å². The molecule has 0 radical (unpaired) electrons. The molecule has 2 aromatic rings. The molecule has 4 nitrogen and oxygen atoms in total. The molecular weight excluding hydrogens is 416 g/mol. The zero-order chi connectivity index (χ0) is 18.7. The number of halogens is 4. The molecule has 1 N–H and O–H groups in total. The van der Waals surface area contributed by atoms with Crippen LogP contribution in [0.2, 0.25) is 20.1 Å². The Balaban J connectivity index is 1.84. The van der Waals surface area contributed by atoms with E-state index in [1.165, 1.54) is 0 Å². The number of nitrogens with zero attached hydrogens (tertiary/aromatic N) is 2. The minimum absolute atomic E-state index is 0.134. The van der Waals surface area contributed by atoms with Gasteiger partial charge in [0.25, 0.3) is 0 Å². The van der Waals surface area contributed by atoms with Crippen molar-refractivity contribution in [1.29, 1.82) is 5.26 Å². The maximum Gasteiger partial charge on any atom is 0.166 e. The molecule has 0 amide bonds. The van der Waals surface area contributed by atoms with E-state index < -0.39 is 0 Å². The number of anilines is 2. The van der Waals surface area contributed by atoms with Gasteiger partial charge in [-0.2, -0.15) is 5.26 Å². The fourth-order valence-electron chi connectivity index (χ4n) is 2.42. The Morgan fingerprint density at radius 3 is 2.35 bits per heavy atom. The van der Waals surface area contributed by atoms with Gasteiger partial charge in [0.05, 0.1) is 15.7 Å². The molecule has 0 spiro atoms. The van der Waals surface area contributed by atoms with E-state index in [2.05, 4.69) is 11.4 Å². The summed E-state index contributed by atoms with van der Waals surface area (Å²) in [6, 6.07) is 12.4. The highest BCUT2D eigenvalue weighted by Crippen LogP contribution is 2.38. The van der Waals surface area contributed by atoms with Gasteiger partial charge in [-0.25, -0.2) is 0 Å². The van der Waals surface area contributed by atoms with Crippen molar-refractivity contribution in [2.75, 3.05) is 16.9 Å². The van der Waals surface area contributed by atoms with Gasteiger partial charge in [0.2, 0.25) is 0 Å². The summed E-state index contributed by atoms with van der Waals surface area (Å²) in [6.45, 7) is 0.134. The molecule has 8 heteroatoms. The Labute approximate surface area is 170 Å². The van der Waals surface area contributed by atoms with Crippen LogP contribution >= 0.6 is 46.4 Å². The number of ether oxygens (including phenoxy) is 1. The number of nitrogens with one attached hydrogen (secondary N) is 1. The van der Waals surface area contributed by atoms with E-state index in [1.54, 1.807) is 53.6 Å². The molecule has 26 heavy (non-hydrogen) atoms. The number of hydrogen-bond donors (Lipinski definition) is 1. The standard InChI is InChI=1S/C18H11Cl4N3O/c19-11-6-12(20)8-13(7-11)24-5-4-17-16(9-23)25(10-26-17)18-14(21)2-1-3-15(18)22/h1-8,24H,10H2. The molecular formula is C18H11Cl4N3O. The molecule has 0 unspecified atom stereocenters. The van der Waals surface area contributed by atoms with Crippen molar-refractivity contribution in [2.24, 2.45) is 0 Å². The molecule has 1 heterocycles. The highest BCUT2D eigenvalue weighted by atomic mass is 35.5. The van der Waals surface area contributed by atoms with Crippen LogP contribution in [0.25, 0.3) is 0 Å². The zero-order valence-corrected chi connectivity index (χ0v) is 16.2. The average molecular weight is 427 g/mol. The van der Waals surface area contributed by atoms with Crippen molar-refractivity contribution in [3.8, 4) is 6.07 Å². The zero-order valence-electron chi connectivity index (χ0n) is 13.1. The first kappa shape index (κ1) is 18.8. The van der Waals surface area contributed by atoms with Gasteiger partial charge in [-0.05, 0) is 36.4 Å². The normalized spacial score (nSPS) is 13.9. The molecule has 1 aliphatic rings. The molecule has 132 valence electrons. The van der Waals surface area contributed by atoms with Crippen molar-refractivity contribution >= 4 is 57.8 Å². The summed E-state index contributed by atoms with van der Waals surface area (Å²) >= 11 is 24.4. The van der Waals surface area contributed by atoms with Crippen molar-refractivity contribution in [3.05, 3.63) is 80.2 Å². The first-order valence-corrected chi connectivity index (χ1v) is 8.88. The van der Waals surface area contributed by atoms with Gasteiger partial charge in [-0.1, -0.05) is 52.5 Å². The topological polar surface area (TPSA) is 48.3 Å². The highest BCUT2D eigenvalue weighted by molar-refractivity contribution is 6.39. The van der Waals surface area contributed by atoms with Gasteiger partial charge in [-0.15, -0.1) is 0 Å².